The summed E-state index contributed by atoms with van der Waals surface area (Å²) in [5, 5.41) is 26.4. The van der Waals surface area contributed by atoms with E-state index in [0.717, 1.165) is 62.2 Å². The molecule has 12 nitrogen and oxygen atoms in total. The van der Waals surface area contributed by atoms with Crippen molar-refractivity contribution in [1.29, 1.82) is 0 Å². The van der Waals surface area contributed by atoms with E-state index in [2.05, 4.69) is 127 Å². The number of nitrogens with one attached hydrogen (secondary N) is 2. The van der Waals surface area contributed by atoms with E-state index in [9.17, 15) is 0 Å². The van der Waals surface area contributed by atoms with Crippen molar-refractivity contribution >= 4 is 68.6 Å². The third-order valence-electron chi connectivity index (χ3n) is 8.73. The summed E-state index contributed by atoms with van der Waals surface area (Å²) in [5.41, 5.74) is 4.52. The molecule has 6 aromatic rings. The first-order valence-electron chi connectivity index (χ1n) is 16.5. The molecular weight excluding hydrogens is 673 g/mol. The van der Waals surface area contributed by atoms with Crippen molar-refractivity contribution in [2.75, 3.05) is 50.9 Å². The molecule has 0 radical (unpaired) electrons. The van der Waals surface area contributed by atoms with Crippen molar-refractivity contribution in [2.45, 2.75) is 38.0 Å². The van der Waals surface area contributed by atoms with Crippen LogP contribution in [0.2, 0.25) is 0 Å². The number of likely N-dealkylation sites (tertiary alicyclic amines) is 2. The number of carbonyl (C=O) groups is 2. The highest BCUT2D eigenvalue weighted by atomic mass is 32.1. The van der Waals surface area contributed by atoms with Gasteiger partial charge in [-0.25, -0.2) is 19.6 Å². The molecule has 0 spiro atoms. The Labute approximate surface area is 298 Å². The predicted octanol–water partition coefficient (Wildman–Crippen LogP) is 5.68. The maximum Gasteiger partial charge on any atom is 0.414 e. The molecule has 2 aromatic carbocycles. The molecule has 262 valence electrons. The van der Waals surface area contributed by atoms with Crippen LogP contribution < -0.4 is 10.6 Å². The zero-order chi connectivity index (χ0) is 35.0. The zero-order valence-corrected chi connectivity index (χ0v) is 29.7. The first-order valence-corrected chi connectivity index (χ1v) is 18.3. The number of carboxylic acids is 2. The van der Waals surface area contributed by atoms with E-state index in [1.165, 1.54) is 33.6 Å². The van der Waals surface area contributed by atoms with Crippen LogP contribution in [0.3, 0.4) is 0 Å². The standard InChI is InChI=1S/2C17H20N4S.C2H2O4/c2*1-20-9-8-13(11-20)18-17-19-15-6-2-3-7-16(15)21(17)12-14-5-4-10-22-14;3-1(4)2(5)6/h2*2-7,10,13H,8-9,11-12H2,1H3,(H,18,19);(H,3,4)(H,5,6). The fraction of sp³-hybridized carbons (Fsp3) is 0.333. The topological polar surface area (TPSA) is 141 Å². The highest BCUT2D eigenvalue weighted by Gasteiger charge is 2.23. The first-order chi connectivity index (χ1) is 24.2. The summed E-state index contributed by atoms with van der Waals surface area (Å²) in [4.78, 5) is 35.3. The van der Waals surface area contributed by atoms with Gasteiger partial charge in [-0.05, 0) is 87.2 Å². The van der Waals surface area contributed by atoms with Crippen LogP contribution in [-0.4, -0.2) is 103 Å². The van der Waals surface area contributed by atoms with Crippen molar-refractivity contribution < 1.29 is 19.8 Å². The minimum Gasteiger partial charge on any atom is -0.473 e. The largest absolute Gasteiger partial charge is 0.473 e. The van der Waals surface area contributed by atoms with Crippen molar-refractivity contribution in [3.63, 3.8) is 0 Å². The molecule has 2 fully saturated rings. The molecule has 0 saturated carbocycles. The summed E-state index contributed by atoms with van der Waals surface area (Å²) in [6.45, 7) is 6.24. The van der Waals surface area contributed by atoms with Crippen molar-refractivity contribution in [3.05, 3.63) is 93.3 Å². The number of benzene rings is 2. The Morgan fingerprint density at radius 3 is 1.44 bits per heavy atom. The van der Waals surface area contributed by atoms with Crippen LogP contribution in [0.15, 0.2) is 83.6 Å². The monoisotopic (exact) mass is 714 g/mol. The third-order valence-corrected chi connectivity index (χ3v) is 10.5. The van der Waals surface area contributed by atoms with Gasteiger partial charge in [0.1, 0.15) is 0 Å². The molecule has 2 unspecified atom stereocenters. The minimum absolute atomic E-state index is 0.490. The van der Waals surface area contributed by atoms with E-state index < -0.39 is 11.9 Å². The lowest BCUT2D eigenvalue weighted by atomic mass is 10.3. The number of aliphatic carboxylic acids is 2. The molecule has 2 atom stereocenters. The van der Waals surface area contributed by atoms with E-state index in [1.54, 1.807) is 22.7 Å². The van der Waals surface area contributed by atoms with Gasteiger partial charge in [-0.1, -0.05) is 36.4 Å². The summed E-state index contributed by atoms with van der Waals surface area (Å²) >= 11 is 3.59. The average molecular weight is 715 g/mol. The Bertz CT molecular complexity index is 1860. The summed E-state index contributed by atoms with van der Waals surface area (Å²) in [6, 6.07) is 26.3. The number of hydrogen-bond donors (Lipinski definition) is 4. The van der Waals surface area contributed by atoms with Crippen LogP contribution in [0.4, 0.5) is 11.9 Å². The molecule has 0 bridgehead atoms. The Kier molecular flexibility index (Phi) is 11.4. The van der Waals surface area contributed by atoms with Gasteiger partial charge >= 0.3 is 11.9 Å². The third kappa shape index (κ3) is 8.87. The summed E-state index contributed by atoms with van der Waals surface area (Å²) in [6.07, 6.45) is 2.36. The highest BCUT2D eigenvalue weighted by Crippen LogP contribution is 2.26. The number of fused-ring (bicyclic) bond motifs is 2. The molecule has 2 saturated heterocycles. The Balaban J connectivity index is 0.000000149. The summed E-state index contributed by atoms with van der Waals surface area (Å²) < 4.78 is 4.61. The van der Waals surface area contributed by atoms with Crippen molar-refractivity contribution in [2.24, 2.45) is 0 Å². The van der Waals surface area contributed by atoms with Gasteiger partial charge in [0.05, 0.1) is 35.2 Å². The second kappa shape index (κ2) is 16.3. The number of rotatable bonds is 8. The normalized spacial score (nSPS) is 17.6. The summed E-state index contributed by atoms with van der Waals surface area (Å²) in [7, 11) is 4.35. The lowest BCUT2D eigenvalue weighted by molar-refractivity contribution is -0.159. The molecule has 50 heavy (non-hydrogen) atoms. The number of hydrogen-bond acceptors (Lipinski definition) is 10. The average Bonchev–Trinajstić information content (AvgIpc) is 3.96. The number of likely N-dealkylation sites (N-methyl/N-ethyl adjacent to an activating group) is 2. The number of imidazole rings is 2. The van der Waals surface area contributed by atoms with E-state index >= 15 is 0 Å². The number of thiophene rings is 2. The summed E-state index contributed by atoms with van der Waals surface area (Å²) in [5.74, 6) is -1.66. The van der Waals surface area contributed by atoms with Gasteiger partial charge in [-0.15, -0.1) is 22.7 Å². The Hall–Kier alpha value is -4.76. The van der Waals surface area contributed by atoms with Crippen LogP contribution in [0, 0.1) is 0 Å². The maximum atomic E-state index is 9.10. The van der Waals surface area contributed by atoms with Gasteiger partial charge in [0.2, 0.25) is 11.9 Å². The van der Waals surface area contributed by atoms with Gasteiger partial charge in [0.15, 0.2) is 0 Å². The van der Waals surface area contributed by atoms with Gasteiger partial charge < -0.3 is 39.8 Å². The van der Waals surface area contributed by atoms with E-state index in [-0.39, 0.29) is 0 Å². The number of aromatic nitrogens is 4. The van der Waals surface area contributed by atoms with Gasteiger partial charge in [-0.3, -0.25) is 0 Å². The zero-order valence-electron chi connectivity index (χ0n) is 28.1. The molecular formula is C36H42N8O4S2. The van der Waals surface area contributed by atoms with E-state index in [4.69, 9.17) is 29.8 Å². The molecule has 8 rings (SSSR count). The van der Waals surface area contributed by atoms with Gasteiger partial charge in [0.25, 0.3) is 0 Å². The number of para-hydroxylation sites is 4. The molecule has 14 heteroatoms. The van der Waals surface area contributed by atoms with Gasteiger partial charge in [0, 0.05) is 34.9 Å². The molecule has 2 aliphatic heterocycles. The molecule has 6 heterocycles. The second-order valence-corrected chi connectivity index (χ2v) is 14.6. The minimum atomic E-state index is -1.82. The Morgan fingerprint density at radius 1 is 0.680 bits per heavy atom. The van der Waals surface area contributed by atoms with E-state index in [1.807, 2.05) is 0 Å². The molecule has 4 N–H and O–H groups in total. The SMILES string of the molecule is CN1CCC(Nc2nc3ccccc3n2Cc2cccs2)C1.CN1CCC(Nc2nc3ccccc3n2Cc2cccs2)C1.O=C(O)C(=O)O. The molecule has 0 amide bonds. The van der Waals surface area contributed by atoms with Gasteiger partial charge in [-0.2, -0.15) is 0 Å². The van der Waals surface area contributed by atoms with Crippen molar-refractivity contribution in [3.8, 4) is 0 Å². The van der Waals surface area contributed by atoms with Crippen LogP contribution in [0.5, 0.6) is 0 Å². The molecule has 2 aliphatic rings. The van der Waals surface area contributed by atoms with E-state index in [0.29, 0.717) is 12.1 Å². The van der Waals surface area contributed by atoms with Crippen LogP contribution in [-0.2, 0) is 22.7 Å². The maximum absolute atomic E-state index is 9.10. The smallest absolute Gasteiger partial charge is 0.414 e. The van der Waals surface area contributed by atoms with Crippen LogP contribution in [0.1, 0.15) is 22.6 Å². The second-order valence-electron chi connectivity index (χ2n) is 12.6. The lowest BCUT2D eigenvalue weighted by Gasteiger charge is -2.15. The quantitative estimate of drug-likeness (QED) is 0.146. The number of anilines is 2. The first kappa shape index (κ1) is 35.1. The number of carboxylic acid groups (broad SMARTS) is 2. The Morgan fingerprint density at radius 2 is 1.10 bits per heavy atom. The highest BCUT2D eigenvalue weighted by molar-refractivity contribution is 7.10. The lowest BCUT2D eigenvalue weighted by Crippen LogP contribution is -2.25. The fourth-order valence-electron chi connectivity index (χ4n) is 6.28. The van der Waals surface area contributed by atoms with Crippen LogP contribution >= 0.6 is 22.7 Å². The van der Waals surface area contributed by atoms with Crippen molar-refractivity contribution in [1.82, 2.24) is 28.9 Å². The molecule has 4 aromatic heterocycles. The predicted molar refractivity (Wildman–Crippen MR) is 201 cm³/mol. The molecule has 0 aliphatic carbocycles. The number of nitrogens with zero attached hydrogens (tertiary/aromatic N) is 6. The fourth-order valence-corrected chi connectivity index (χ4v) is 7.66. The van der Waals surface area contributed by atoms with Crippen LogP contribution in [0.25, 0.3) is 22.1 Å².